The number of rotatable bonds is 37. The van der Waals surface area contributed by atoms with Crippen LogP contribution >= 0.6 is 83.4 Å². The van der Waals surface area contributed by atoms with Gasteiger partial charge in [0.15, 0.2) is 11.6 Å². The summed E-state index contributed by atoms with van der Waals surface area (Å²) in [4.78, 5) is 109. The van der Waals surface area contributed by atoms with Gasteiger partial charge >= 0.3 is 29.8 Å². The van der Waals surface area contributed by atoms with E-state index in [1.54, 1.807) is 12.4 Å². The molecule has 0 saturated heterocycles. The molecule has 142 heavy (non-hydrogen) atoms. The zero-order chi connectivity index (χ0) is 103. The third-order valence-corrected chi connectivity index (χ3v) is 22.5. The van der Waals surface area contributed by atoms with Crippen LogP contribution in [0.3, 0.4) is 0 Å². The Kier molecular flexibility index (Phi) is 56.6. The number of halogens is 8. The van der Waals surface area contributed by atoms with Crippen molar-refractivity contribution in [2.24, 2.45) is 5.73 Å². The van der Waals surface area contributed by atoms with Crippen molar-refractivity contribution in [1.82, 2.24) is 25.6 Å². The third-order valence-electron chi connectivity index (χ3n) is 20.4. The van der Waals surface area contributed by atoms with E-state index in [1.807, 2.05) is 194 Å². The van der Waals surface area contributed by atoms with Crippen molar-refractivity contribution in [2.45, 2.75) is 96.6 Å². The summed E-state index contributed by atoms with van der Waals surface area (Å²) in [5.41, 5.74) is 20.4. The number of carboxylic acid groups (broad SMARTS) is 1. The van der Waals surface area contributed by atoms with Crippen molar-refractivity contribution < 1.29 is 114 Å². The molecule has 0 saturated carbocycles. The Labute approximate surface area is 865 Å². The summed E-state index contributed by atoms with van der Waals surface area (Å²) in [6.45, 7) is 20.1. The highest BCUT2D eigenvalue weighted by atomic mass is 79.9. The van der Waals surface area contributed by atoms with Crippen molar-refractivity contribution in [3.05, 3.63) is 334 Å². The number of hydrogen-bond acceptors (Lipinski definition) is 24. The molecule has 9 N–H and O–H groups in total. The van der Waals surface area contributed by atoms with Crippen molar-refractivity contribution in [1.29, 1.82) is 0 Å². The van der Waals surface area contributed by atoms with Gasteiger partial charge in [0, 0.05) is 107 Å². The van der Waals surface area contributed by atoms with Gasteiger partial charge in [-0.05, 0) is 92.5 Å². The van der Waals surface area contributed by atoms with Crippen LogP contribution in [0.25, 0.3) is 43.9 Å². The average Bonchev–Trinajstić information content (AvgIpc) is 1.60. The number of carboxylic acids is 1. The normalized spacial score (nSPS) is 12.1. The second-order valence-electron chi connectivity index (χ2n) is 32.4. The van der Waals surface area contributed by atoms with Gasteiger partial charge in [-0.1, -0.05) is 307 Å². The number of ketones is 3. The van der Waals surface area contributed by atoms with Gasteiger partial charge < -0.3 is 93.6 Å². The van der Waals surface area contributed by atoms with Crippen LogP contribution in [0.4, 0.5) is 8.78 Å². The molecule has 14 rings (SSSR count). The minimum absolute atomic E-state index is 0. The standard InChI is InChI=1S/2C24H26N2O3.2C12H13BrO4.C12H16N2.C9H12O2.C7H3ClF2O.C3H3BrO3.C3H7ClO2.ClH/c2*1-24(2)16-25-14-19(22-21(24)18-10-6-7-11-20(18)26-22)23(27)29-13-12-28-15-17-8-4-3-5-9-17;2*13-8-11(14)12(15)17-7-6-16-9-10-4-2-1-3-5-10;1-12(2,8-13)10-7-14-11-6-4-3-5-9(10)11;10-6-7-11-8-9-4-2-1-3-5-9;8-7(11)4-1-2-5(9)6(10)3-4;4-1-2(5)3(6)7;1-5-3(4)6-2;/h2*3-11,14,25-26H,12-13,15-16H2,1-2H3;2*1-5H,6-9H2;3-7,14H,8,13H2,1-2H3;1-5,10H,6-8H2;1-3H;1H2,(H,6,7);3H,1-2H3;1H. The number of nitrogens with one attached hydrogen (secondary N) is 5. The summed E-state index contributed by atoms with van der Waals surface area (Å²) in [7, 11) is 2.95. The number of esters is 4. The van der Waals surface area contributed by atoms with Gasteiger partial charge in [-0.3, -0.25) is 19.2 Å². The fraction of sp³-hybridized carbons (Fsp3) is 0.311. The Balaban J connectivity index is 0.000000293. The second kappa shape index (κ2) is 66.4. The topological polar surface area (TPSA) is 393 Å². The largest absolute Gasteiger partial charge is 0.475 e. The van der Waals surface area contributed by atoms with E-state index in [4.69, 9.17) is 72.3 Å². The molecule has 0 unspecified atom stereocenters. The summed E-state index contributed by atoms with van der Waals surface area (Å²) in [5, 5.41) is 25.4. The average molecular weight is 2210 g/mol. The van der Waals surface area contributed by atoms with Crippen LogP contribution in [0.15, 0.2) is 261 Å². The molecule has 36 heteroatoms. The van der Waals surface area contributed by atoms with Crippen molar-refractivity contribution >= 4 is 180 Å². The summed E-state index contributed by atoms with van der Waals surface area (Å²) in [5.74, 6) is -8.42. The van der Waals surface area contributed by atoms with Gasteiger partial charge in [0.05, 0.1) is 111 Å². The zero-order valence-corrected chi connectivity index (χ0v) is 87.0. The minimum Gasteiger partial charge on any atom is -0.475 e. The molecule has 0 fully saturated rings. The molecule has 3 aromatic heterocycles. The Bertz CT molecular complexity index is 5680. The lowest BCUT2D eigenvalue weighted by atomic mass is 9.82. The minimum atomic E-state index is -1.39. The first kappa shape index (κ1) is 121. The number of methoxy groups -OCH3 is 2. The number of ether oxygens (including phenoxy) is 11. The van der Waals surface area contributed by atoms with Crippen LogP contribution in [-0.2, 0) is 140 Å². The van der Waals surface area contributed by atoms with Gasteiger partial charge in [-0.25, -0.2) is 32.8 Å². The molecule has 0 atom stereocenters. The molecule has 5 heterocycles. The number of aliphatic hydroxyl groups excluding tert-OH is 1. The fourth-order valence-corrected chi connectivity index (χ4v) is 14.0. The van der Waals surface area contributed by atoms with E-state index in [0.717, 1.165) is 103 Å². The van der Waals surface area contributed by atoms with Crippen LogP contribution < -0.4 is 16.4 Å². The summed E-state index contributed by atoms with van der Waals surface area (Å²) < 4.78 is 80.8. The molecule has 0 aliphatic carbocycles. The number of para-hydroxylation sites is 3. The number of benzene rings is 9. The predicted molar refractivity (Wildman–Crippen MR) is 558 cm³/mol. The maximum absolute atomic E-state index is 12.8. The molecule has 0 bridgehead atoms. The molecule has 0 spiro atoms. The Hall–Kier alpha value is -11.5. The molecular formula is C106H120Br3Cl3F2N6O22. The number of nitrogens with two attached hydrogens (primary N) is 1. The SMILES string of the molecule is CC(C)(CN)c1c[nH]c2ccccc12.CC1(C)CNC=C(C(=O)OCCOCc2ccccc2)c2[nH]c3ccccc3c21.CC1(C)CNC=C(C(=O)OCCOCc2ccccc2)c2[nH]c3ccccc3c21.COC(Cl)OC.Cl.O=C(CBr)C(=O)OCCOCc1ccccc1.O=C(CBr)C(=O)OCCOCc1ccccc1.O=C(Cl)c1ccc(F)c(F)c1.O=C(O)C(=O)CBr.OCCOCc1ccccc1. The molecule has 9 aromatic carbocycles. The monoisotopic (exact) mass is 2210 g/mol. The molecule has 2 aliphatic heterocycles. The highest BCUT2D eigenvalue weighted by Crippen LogP contribution is 2.40. The van der Waals surface area contributed by atoms with Crippen molar-refractivity contribution in [3.8, 4) is 0 Å². The number of aliphatic carboxylic acids is 1. The second-order valence-corrected chi connectivity index (χ2v) is 34.8. The van der Waals surface area contributed by atoms with Gasteiger partial charge in [0.1, 0.15) is 26.4 Å². The summed E-state index contributed by atoms with van der Waals surface area (Å²) in [6.07, 6.45) is 5.59. The molecule has 2 aliphatic rings. The van der Waals surface area contributed by atoms with Crippen molar-refractivity contribution in [2.75, 3.05) is 116 Å². The van der Waals surface area contributed by atoms with E-state index in [-0.39, 0.29) is 108 Å². The van der Waals surface area contributed by atoms with E-state index in [2.05, 4.69) is 170 Å². The number of aliphatic hydroxyl groups is 1. The molecule has 0 radical (unpaired) electrons. The predicted octanol–water partition coefficient (Wildman–Crippen LogP) is 18.9. The van der Waals surface area contributed by atoms with Crippen LogP contribution in [0.1, 0.15) is 108 Å². The van der Waals surface area contributed by atoms with Crippen LogP contribution in [-0.4, -0.2) is 199 Å². The smallest absolute Gasteiger partial charge is 0.375 e. The number of carbonyl (C=O) groups is 9. The van der Waals surface area contributed by atoms with E-state index in [9.17, 15) is 51.9 Å². The number of carbonyl (C=O) groups excluding carboxylic acids is 8. The van der Waals surface area contributed by atoms with Crippen LogP contribution in [0.2, 0.25) is 0 Å². The number of hydrogen-bond donors (Lipinski definition) is 8. The maximum Gasteiger partial charge on any atom is 0.375 e. The molecule has 0 amide bonds. The summed E-state index contributed by atoms with van der Waals surface area (Å²) >= 11 is 18.7. The van der Waals surface area contributed by atoms with Crippen LogP contribution in [0, 0.1) is 11.6 Å². The molecule has 28 nitrogen and oxygen atoms in total. The van der Waals surface area contributed by atoms with Crippen molar-refractivity contribution in [3.63, 3.8) is 0 Å². The highest BCUT2D eigenvalue weighted by molar-refractivity contribution is 9.09. The first-order chi connectivity index (χ1) is 67.8. The number of Topliss-reactive ketones (excluding diaryl/α,β-unsaturated/α-hetero) is 3. The van der Waals surface area contributed by atoms with Gasteiger partial charge in [-0.15, -0.1) is 12.4 Å². The lowest BCUT2D eigenvalue weighted by molar-refractivity contribution is -0.154. The quantitative estimate of drug-likeness (QED) is 0.00341. The van der Waals surface area contributed by atoms with E-state index >= 15 is 0 Å². The lowest BCUT2D eigenvalue weighted by Crippen LogP contribution is -2.29. The van der Waals surface area contributed by atoms with E-state index in [1.165, 1.54) is 30.7 Å². The maximum atomic E-state index is 12.8. The Morgan fingerprint density at radius 3 is 1.07 bits per heavy atom. The first-order valence-electron chi connectivity index (χ1n) is 44.4. The number of H-pyrrole nitrogens is 3. The highest BCUT2D eigenvalue weighted by Gasteiger charge is 2.35. The van der Waals surface area contributed by atoms with E-state index < -0.39 is 57.9 Å². The van der Waals surface area contributed by atoms with Crippen LogP contribution in [0.5, 0.6) is 0 Å². The molecular weight excluding hydrogens is 2090 g/mol. The fourth-order valence-electron chi connectivity index (χ4n) is 13.2. The molecule has 762 valence electrons. The number of fused-ring (bicyclic) bond motifs is 7. The third kappa shape index (κ3) is 42.6. The Morgan fingerprint density at radius 2 is 0.768 bits per heavy atom. The number of alkyl halides is 4. The summed E-state index contributed by atoms with van der Waals surface area (Å²) in [6, 6.07) is 76.5. The lowest BCUT2D eigenvalue weighted by Gasteiger charge is -2.24. The van der Waals surface area contributed by atoms with Gasteiger partial charge in [-0.2, -0.15) is 0 Å². The Morgan fingerprint density at radius 1 is 0.444 bits per heavy atom. The van der Waals surface area contributed by atoms with E-state index in [0.29, 0.717) is 70.5 Å². The number of aromatic amines is 3. The molecule has 12 aromatic rings. The van der Waals surface area contributed by atoms with Gasteiger partial charge in [0.2, 0.25) is 23.1 Å². The first-order valence-corrected chi connectivity index (χ1v) is 48.5. The van der Waals surface area contributed by atoms with Gasteiger partial charge in [0.25, 0.3) is 5.24 Å². The zero-order valence-electron chi connectivity index (χ0n) is 79.9. The number of aromatic nitrogens is 3.